The number of fused-ring (bicyclic) bond motifs is 11. The van der Waals surface area contributed by atoms with Gasteiger partial charge in [-0.3, -0.25) is 0 Å². The van der Waals surface area contributed by atoms with Gasteiger partial charge in [0.2, 0.25) is 0 Å². The molecule has 4 heterocycles. The van der Waals surface area contributed by atoms with Gasteiger partial charge in [-0.2, -0.15) is 0 Å². The number of nitrogens with zero attached hydrogens (tertiary/aromatic N) is 3. The number of para-hydroxylation sites is 1. The largest absolute Gasteiger partial charge is 0.456 e. The van der Waals surface area contributed by atoms with Crippen LogP contribution in [0, 0.1) is 0 Å². The summed E-state index contributed by atoms with van der Waals surface area (Å²) in [6.07, 6.45) is 0. The number of aromatic nitrogens is 3. The third-order valence-electron chi connectivity index (χ3n) is 11.0. The highest BCUT2D eigenvalue weighted by atomic mass is 32.1. The van der Waals surface area contributed by atoms with Crippen molar-refractivity contribution in [3.63, 3.8) is 0 Å². The second kappa shape index (κ2) is 11.7. The molecule has 5 heteroatoms. The first-order valence-electron chi connectivity index (χ1n) is 18.5. The summed E-state index contributed by atoms with van der Waals surface area (Å²) in [6, 6.07) is 62.6. The molecular formula is C50H29N3OS. The summed E-state index contributed by atoms with van der Waals surface area (Å²) in [4.78, 5) is 10.6. The fourth-order valence-electron chi connectivity index (χ4n) is 8.45. The van der Waals surface area contributed by atoms with E-state index in [1.807, 2.05) is 12.1 Å². The zero-order valence-corrected chi connectivity index (χ0v) is 30.2. The van der Waals surface area contributed by atoms with Crippen LogP contribution in [0.15, 0.2) is 180 Å². The summed E-state index contributed by atoms with van der Waals surface area (Å²) in [6.45, 7) is 0. The summed E-state index contributed by atoms with van der Waals surface area (Å²) in [5.41, 5.74) is 11.5. The predicted molar refractivity (Wildman–Crippen MR) is 230 cm³/mol. The smallest absolute Gasteiger partial charge is 0.160 e. The molecular weight excluding hydrogens is 691 g/mol. The molecule has 12 rings (SSSR count). The standard InChI is InChI=1S/C50H29N3OS/c1-2-12-31(13-3-1)47-49-48(38-18-7-9-20-45(38)55-49)52-50(51-47)34-14-10-15-35(27-34)53-41-24-22-32(29-40(41)46-36-16-5-4-11-30(36)21-25-42(46)53)33-23-26-44-39(28-33)37-17-6-8-19-43(37)54-44/h1-29H. The first kappa shape index (κ1) is 30.4. The summed E-state index contributed by atoms with van der Waals surface area (Å²) in [5, 5.41) is 8.32. The molecule has 256 valence electrons. The SMILES string of the molecule is c1ccc(-c2nc(-c3cccc(-n4c5ccc(-c6ccc7oc8ccccc8c7c6)cc5c5c6ccccc6ccc54)c3)nc3c2sc2ccccc23)cc1. The Morgan fingerprint density at radius 2 is 1.16 bits per heavy atom. The van der Waals surface area contributed by atoms with Crippen LogP contribution < -0.4 is 0 Å². The quantitative estimate of drug-likeness (QED) is 0.182. The molecule has 0 saturated heterocycles. The minimum atomic E-state index is 0.715. The second-order valence-corrected chi connectivity index (χ2v) is 15.2. The van der Waals surface area contributed by atoms with Gasteiger partial charge >= 0.3 is 0 Å². The zero-order valence-electron chi connectivity index (χ0n) is 29.4. The Morgan fingerprint density at radius 3 is 2.07 bits per heavy atom. The number of thiophene rings is 1. The minimum absolute atomic E-state index is 0.715. The third kappa shape index (κ3) is 4.64. The van der Waals surface area contributed by atoms with Gasteiger partial charge in [-0.25, -0.2) is 9.97 Å². The van der Waals surface area contributed by atoms with Crippen molar-refractivity contribution >= 4 is 86.2 Å². The lowest BCUT2D eigenvalue weighted by molar-refractivity contribution is 0.669. The van der Waals surface area contributed by atoms with Crippen molar-refractivity contribution in [3.8, 4) is 39.5 Å². The molecule has 0 saturated carbocycles. The first-order chi connectivity index (χ1) is 27.2. The van der Waals surface area contributed by atoms with E-state index in [0.717, 1.165) is 76.6 Å². The van der Waals surface area contributed by atoms with E-state index in [-0.39, 0.29) is 0 Å². The maximum absolute atomic E-state index is 6.17. The molecule has 12 aromatic rings. The van der Waals surface area contributed by atoms with Crippen LogP contribution >= 0.6 is 11.3 Å². The van der Waals surface area contributed by atoms with Crippen molar-refractivity contribution in [3.05, 3.63) is 176 Å². The molecule has 0 fully saturated rings. The van der Waals surface area contributed by atoms with Gasteiger partial charge in [0.05, 0.1) is 26.9 Å². The molecule has 0 radical (unpaired) electrons. The van der Waals surface area contributed by atoms with E-state index < -0.39 is 0 Å². The van der Waals surface area contributed by atoms with Crippen molar-refractivity contribution in [1.29, 1.82) is 0 Å². The van der Waals surface area contributed by atoms with Gasteiger partial charge < -0.3 is 8.98 Å². The summed E-state index contributed by atoms with van der Waals surface area (Å²) < 4.78 is 10.9. The number of hydrogen-bond acceptors (Lipinski definition) is 4. The molecule has 55 heavy (non-hydrogen) atoms. The van der Waals surface area contributed by atoms with E-state index in [1.54, 1.807) is 11.3 Å². The Hall–Kier alpha value is -7.08. The second-order valence-electron chi connectivity index (χ2n) is 14.1. The normalized spacial score (nSPS) is 12.0. The molecule has 0 aliphatic heterocycles. The average molecular weight is 720 g/mol. The lowest BCUT2D eigenvalue weighted by atomic mass is 9.99. The molecule has 0 aliphatic rings. The number of hydrogen-bond donors (Lipinski definition) is 0. The fraction of sp³-hybridized carbons (Fsp3) is 0. The van der Waals surface area contributed by atoms with Crippen LogP contribution in [0.2, 0.25) is 0 Å². The topological polar surface area (TPSA) is 43.9 Å². The van der Waals surface area contributed by atoms with Crippen molar-refractivity contribution in [2.24, 2.45) is 0 Å². The molecule has 0 spiro atoms. The summed E-state index contributed by atoms with van der Waals surface area (Å²) >= 11 is 1.76. The van der Waals surface area contributed by atoms with E-state index in [9.17, 15) is 0 Å². The Labute approximate surface area is 319 Å². The Balaban J connectivity index is 1.08. The fourth-order valence-corrected chi connectivity index (χ4v) is 9.60. The van der Waals surface area contributed by atoms with Gasteiger partial charge in [0.25, 0.3) is 0 Å². The van der Waals surface area contributed by atoms with E-state index >= 15 is 0 Å². The van der Waals surface area contributed by atoms with Gasteiger partial charge in [-0.05, 0) is 76.5 Å². The molecule has 0 bridgehead atoms. The molecule has 0 atom stereocenters. The molecule has 8 aromatic carbocycles. The molecule has 0 aliphatic carbocycles. The Bertz CT molecular complexity index is 3500. The van der Waals surface area contributed by atoms with E-state index in [0.29, 0.717) is 5.82 Å². The number of benzene rings is 8. The molecule has 4 nitrogen and oxygen atoms in total. The van der Waals surface area contributed by atoms with Crippen LogP contribution in [0.1, 0.15) is 0 Å². The van der Waals surface area contributed by atoms with Crippen LogP contribution in [0.4, 0.5) is 0 Å². The highest BCUT2D eigenvalue weighted by Gasteiger charge is 2.19. The number of furan rings is 1. The van der Waals surface area contributed by atoms with Crippen molar-refractivity contribution in [2.75, 3.05) is 0 Å². The minimum Gasteiger partial charge on any atom is -0.456 e. The predicted octanol–water partition coefficient (Wildman–Crippen LogP) is 14.0. The maximum atomic E-state index is 6.17. The van der Waals surface area contributed by atoms with Gasteiger partial charge in [0.1, 0.15) is 11.2 Å². The zero-order chi connectivity index (χ0) is 36.0. The Morgan fingerprint density at radius 1 is 0.455 bits per heavy atom. The van der Waals surface area contributed by atoms with E-state index in [1.165, 1.54) is 31.8 Å². The van der Waals surface area contributed by atoms with Crippen molar-refractivity contribution in [2.45, 2.75) is 0 Å². The Kier molecular flexibility index (Phi) is 6.47. The van der Waals surface area contributed by atoms with Gasteiger partial charge in [-0.1, -0.05) is 121 Å². The van der Waals surface area contributed by atoms with Crippen LogP contribution in [-0.4, -0.2) is 14.5 Å². The molecule has 0 amide bonds. The van der Waals surface area contributed by atoms with Crippen molar-refractivity contribution in [1.82, 2.24) is 14.5 Å². The van der Waals surface area contributed by atoms with Gasteiger partial charge in [-0.15, -0.1) is 11.3 Å². The molecule has 0 unspecified atom stereocenters. The van der Waals surface area contributed by atoms with Gasteiger partial charge in [0, 0.05) is 48.4 Å². The van der Waals surface area contributed by atoms with Gasteiger partial charge in [0.15, 0.2) is 5.82 Å². The summed E-state index contributed by atoms with van der Waals surface area (Å²) in [5.74, 6) is 0.715. The van der Waals surface area contributed by atoms with Crippen LogP contribution in [0.3, 0.4) is 0 Å². The lowest BCUT2D eigenvalue weighted by Crippen LogP contribution is -1.97. The highest BCUT2D eigenvalue weighted by Crippen LogP contribution is 2.42. The van der Waals surface area contributed by atoms with Crippen LogP contribution in [-0.2, 0) is 0 Å². The van der Waals surface area contributed by atoms with Crippen molar-refractivity contribution < 1.29 is 4.42 Å². The maximum Gasteiger partial charge on any atom is 0.160 e. The average Bonchev–Trinajstić information content (AvgIpc) is 3.93. The first-order valence-corrected chi connectivity index (χ1v) is 19.3. The van der Waals surface area contributed by atoms with E-state index in [4.69, 9.17) is 14.4 Å². The lowest BCUT2D eigenvalue weighted by Gasteiger charge is -2.11. The summed E-state index contributed by atoms with van der Waals surface area (Å²) in [7, 11) is 0. The highest BCUT2D eigenvalue weighted by molar-refractivity contribution is 7.26. The van der Waals surface area contributed by atoms with E-state index in [2.05, 4.69) is 168 Å². The monoisotopic (exact) mass is 719 g/mol. The number of rotatable bonds is 4. The molecule has 0 N–H and O–H groups in total. The third-order valence-corrected chi connectivity index (χ3v) is 12.2. The van der Waals surface area contributed by atoms with Crippen LogP contribution in [0.5, 0.6) is 0 Å². The molecule has 4 aromatic heterocycles. The van der Waals surface area contributed by atoms with Crippen LogP contribution in [0.25, 0.3) is 114 Å².